The lowest BCUT2D eigenvalue weighted by molar-refractivity contribution is 0.586. The molecule has 0 bridgehead atoms. The van der Waals surface area contributed by atoms with E-state index in [1.54, 1.807) is 12.1 Å². The molecule has 1 fully saturated rings. The van der Waals surface area contributed by atoms with Crippen LogP contribution in [0.3, 0.4) is 0 Å². The molecule has 0 unspecified atom stereocenters. The molecule has 0 saturated heterocycles. The number of halogens is 1. The van der Waals surface area contributed by atoms with Crippen molar-refractivity contribution in [3.05, 3.63) is 42.0 Å². The summed E-state index contributed by atoms with van der Waals surface area (Å²) in [5, 5.41) is 11.7. The van der Waals surface area contributed by atoms with Gasteiger partial charge in [-0.1, -0.05) is 5.21 Å². The van der Waals surface area contributed by atoms with Crippen molar-refractivity contribution in [2.24, 2.45) is 0 Å². The molecule has 0 atom stereocenters. The van der Waals surface area contributed by atoms with Crippen molar-refractivity contribution in [2.75, 3.05) is 18.5 Å². The zero-order valence-electron chi connectivity index (χ0n) is 12.2. The standard InChI is InChI=1S/C15H20FN5/c1-20(15-6-2-12(16)3-7-15)8-9-21-11-14(18-19-21)10-17-13-4-5-13/h2-3,6-7,11,13,17H,4-5,8-10H2,1H3. The highest BCUT2D eigenvalue weighted by Gasteiger charge is 2.20. The topological polar surface area (TPSA) is 46.0 Å². The van der Waals surface area contributed by atoms with Crippen molar-refractivity contribution >= 4 is 5.69 Å². The SMILES string of the molecule is CN(CCn1cc(CNC2CC2)nn1)c1ccc(F)cc1. The Kier molecular flexibility index (Phi) is 4.15. The molecule has 1 aliphatic rings. The summed E-state index contributed by atoms with van der Waals surface area (Å²) in [5.41, 5.74) is 1.97. The molecular weight excluding hydrogens is 269 g/mol. The molecule has 5 nitrogen and oxygen atoms in total. The molecule has 6 heteroatoms. The molecule has 21 heavy (non-hydrogen) atoms. The van der Waals surface area contributed by atoms with Gasteiger partial charge in [0.2, 0.25) is 0 Å². The van der Waals surface area contributed by atoms with Gasteiger partial charge in [-0.15, -0.1) is 5.10 Å². The third-order valence-electron chi connectivity index (χ3n) is 3.67. The maximum absolute atomic E-state index is 12.9. The third kappa shape index (κ3) is 4.01. The highest BCUT2D eigenvalue weighted by atomic mass is 19.1. The summed E-state index contributed by atoms with van der Waals surface area (Å²) < 4.78 is 14.7. The summed E-state index contributed by atoms with van der Waals surface area (Å²) in [4.78, 5) is 2.07. The Labute approximate surface area is 123 Å². The number of nitrogens with zero attached hydrogens (tertiary/aromatic N) is 4. The predicted octanol–water partition coefficient (Wildman–Crippen LogP) is 1.81. The Morgan fingerprint density at radius 2 is 2.10 bits per heavy atom. The van der Waals surface area contributed by atoms with Gasteiger partial charge in [-0.3, -0.25) is 4.68 Å². The van der Waals surface area contributed by atoms with Crippen LogP contribution in [0.2, 0.25) is 0 Å². The zero-order valence-corrected chi connectivity index (χ0v) is 12.2. The fourth-order valence-electron chi connectivity index (χ4n) is 2.14. The van der Waals surface area contributed by atoms with Crippen LogP contribution in [-0.4, -0.2) is 34.6 Å². The van der Waals surface area contributed by atoms with E-state index in [2.05, 4.69) is 20.5 Å². The van der Waals surface area contributed by atoms with E-state index in [1.165, 1.54) is 25.0 Å². The second-order valence-corrected chi connectivity index (χ2v) is 5.53. The summed E-state index contributed by atoms with van der Waals surface area (Å²) in [6, 6.07) is 7.19. The van der Waals surface area contributed by atoms with E-state index in [4.69, 9.17) is 0 Å². The monoisotopic (exact) mass is 289 g/mol. The van der Waals surface area contributed by atoms with E-state index >= 15 is 0 Å². The smallest absolute Gasteiger partial charge is 0.123 e. The molecule has 1 aliphatic carbocycles. The quantitative estimate of drug-likeness (QED) is 0.844. The molecule has 0 radical (unpaired) electrons. The summed E-state index contributed by atoms with van der Waals surface area (Å²) >= 11 is 0. The van der Waals surface area contributed by atoms with Gasteiger partial charge in [0.15, 0.2) is 0 Å². The molecule has 1 heterocycles. The second kappa shape index (κ2) is 6.22. The van der Waals surface area contributed by atoms with Crippen LogP contribution >= 0.6 is 0 Å². The van der Waals surface area contributed by atoms with Gasteiger partial charge in [-0.25, -0.2) is 4.39 Å². The van der Waals surface area contributed by atoms with Gasteiger partial charge in [0.05, 0.1) is 12.2 Å². The van der Waals surface area contributed by atoms with Crippen molar-refractivity contribution in [3.63, 3.8) is 0 Å². The highest BCUT2D eigenvalue weighted by molar-refractivity contribution is 5.45. The van der Waals surface area contributed by atoms with Gasteiger partial charge in [-0.2, -0.15) is 0 Å². The molecule has 1 aromatic heterocycles. The first-order valence-corrected chi connectivity index (χ1v) is 7.30. The molecule has 1 aromatic carbocycles. The Morgan fingerprint density at radius 1 is 1.33 bits per heavy atom. The minimum atomic E-state index is -0.212. The first-order valence-electron chi connectivity index (χ1n) is 7.30. The molecule has 1 saturated carbocycles. The van der Waals surface area contributed by atoms with Crippen LogP contribution in [0.5, 0.6) is 0 Å². The summed E-state index contributed by atoms with van der Waals surface area (Å²) in [6.07, 6.45) is 4.53. The van der Waals surface area contributed by atoms with E-state index in [0.29, 0.717) is 6.04 Å². The van der Waals surface area contributed by atoms with Crippen LogP contribution in [0, 0.1) is 5.82 Å². The number of benzene rings is 1. The number of rotatable bonds is 7. The molecule has 1 N–H and O–H groups in total. The summed E-state index contributed by atoms with van der Waals surface area (Å²) in [7, 11) is 1.99. The van der Waals surface area contributed by atoms with E-state index in [-0.39, 0.29) is 5.82 Å². The van der Waals surface area contributed by atoms with Gasteiger partial charge in [0.1, 0.15) is 5.82 Å². The van der Waals surface area contributed by atoms with E-state index < -0.39 is 0 Å². The van der Waals surface area contributed by atoms with Gasteiger partial charge in [-0.05, 0) is 37.1 Å². The molecule has 3 rings (SSSR count). The summed E-state index contributed by atoms with van der Waals surface area (Å²) in [6.45, 7) is 2.34. The van der Waals surface area contributed by atoms with Gasteiger partial charge in [0, 0.05) is 38.1 Å². The van der Waals surface area contributed by atoms with Gasteiger partial charge < -0.3 is 10.2 Å². The molecular formula is C15H20FN5. The number of aromatic nitrogens is 3. The fraction of sp³-hybridized carbons (Fsp3) is 0.467. The zero-order chi connectivity index (χ0) is 14.7. The normalized spacial score (nSPS) is 14.4. The Balaban J connectivity index is 1.48. The minimum absolute atomic E-state index is 0.212. The van der Waals surface area contributed by atoms with Crippen molar-refractivity contribution in [1.29, 1.82) is 0 Å². The number of hydrogen-bond donors (Lipinski definition) is 1. The van der Waals surface area contributed by atoms with Gasteiger partial charge in [0.25, 0.3) is 0 Å². The van der Waals surface area contributed by atoms with E-state index in [1.807, 2.05) is 17.9 Å². The van der Waals surface area contributed by atoms with Gasteiger partial charge >= 0.3 is 0 Å². The van der Waals surface area contributed by atoms with Crippen molar-refractivity contribution in [1.82, 2.24) is 20.3 Å². The number of nitrogens with one attached hydrogen (secondary N) is 1. The first-order chi connectivity index (χ1) is 10.2. The Hall–Kier alpha value is -1.95. The number of anilines is 1. The van der Waals surface area contributed by atoms with E-state index in [0.717, 1.165) is 31.0 Å². The van der Waals surface area contributed by atoms with Crippen molar-refractivity contribution in [2.45, 2.75) is 32.0 Å². The van der Waals surface area contributed by atoms with Crippen LogP contribution in [0.15, 0.2) is 30.5 Å². The first kappa shape index (κ1) is 14.0. The second-order valence-electron chi connectivity index (χ2n) is 5.53. The average Bonchev–Trinajstić information content (AvgIpc) is 3.21. The van der Waals surface area contributed by atoms with Crippen LogP contribution in [0.4, 0.5) is 10.1 Å². The number of hydrogen-bond acceptors (Lipinski definition) is 4. The lowest BCUT2D eigenvalue weighted by Crippen LogP contribution is -2.22. The minimum Gasteiger partial charge on any atom is -0.373 e. The van der Waals surface area contributed by atoms with Crippen LogP contribution < -0.4 is 10.2 Å². The predicted molar refractivity (Wildman–Crippen MR) is 79.6 cm³/mol. The maximum atomic E-state index is 12.9. The molecule has 2 aromatic rings. The molecule has 0 aliphatic heterocycles. The Morgan fingerprint density at radius 3 is 2.81 bits per heavy atom. The van der Waals surface area contributed by atoms with Crippen molar-refractivity contribution < 1.29 is 4.39 Å². The van der Waals surface area contributed by atoms with Crippen LogP contribution in [-0.2, 0) is 13.1 Å². The van der Waals surface area contributed by atoms with Crippen molar-refractivity contribution in [3.8, 4) is 0 Å². The lowest BCUT2D eigenvalue weighted by Gasteiger charge is -2.18. The van der Waals surface area contributed by atoms with Crippen LogP contribution in [0.25, 0.3) is 0 Å². The molecule has 0 spiro atoms. The highest BCUT2D eigenvalue weighted by Crippen LogP contribution is 2.18. The molecule has 112 valence electrons. The third-order valence-corrected chi connectivity index (χ3v) is 3.67. The maximum Gasteiger partial charge on any atom is 0.123 e. The lowest BCUT2D eigenvalue weighted by atomic mass is 10.3. The van der Waals surface area contributed by atoms with E-state index in [9.17, 15) is 4.39 Å². The fourth-order valence-corrected chi connectivity index (χ4v) is 2.14. The average molecular weight is 289 g/mol. The summed E-state index contributed by atoms with van der Waals surface area (Å²) in [5.74, 6) is -0.212. The van der Waals surface area contributed by atoms with Crippen LogP contribution in [0.1, 0.15) is 18.5 Å². The number of likely N-dealkylation sites (N-methyl/N-ethyl adjacent to an activating group) is 1. The Bertz CT molecular complexity index is 576. The largest absolute Gasteiger partial charge is 0.373 e. The molecule has 0 amide bonds.